The third-order valence-corrected chi connectivity index (χ3v) is 4.26. The van der Waals surface area contributed by atoms with E-state index < -0.39 is 25.8 Å². The minimum absolute atomic E-state index is 0. The molecule has 25 heavy (non-hydrogen) atoms. The van der Waals surface area contributed by atoms with Gasteiger partial charge in [-0.15, -0.1) is 0 Å². The Bertz CT molecular complexity index is 1100. The Hall–Kier alpha value is -1.47. The van der Waals surface area contributed by atoms with E-state index >= 15 is 0 Å². The van der Waals surface area contributed by atoms with Crippen LogP contribution in [0.3, 0.4) is 0 Å². The van der Waals surface area contributed by atoms with Gasteiger partial charge in [0.2, 0.25) is 0 Å². The number of hydrogen-bond donors (Lipinski definition) is 1. The summed E-state index contributed by atoms with van der Waals surface area (Å²) >= 11 is 0. The van der Waals surface area contributed by atoms with Crippen molar-refractivity contribution < 1.29 is 75.5 Å². The Balaban J connectivity index is 0.00000169. The minimum Gasteiger partial charge on any atom is -1.00 e. The molecule has 0 aliphatic heterocycles. The summed E-state index contributed by atoms with van der Waals surface area (Å²) < 4.78 is 33.0. The number of aromatic nitrogens is 2. The number of rotatable bonds is 3. The molecule has 0 unspecified atom stereocenters. The zero-order chi connectivity index (χ0) is 17.5. The van der Waals surface area contributed by atoms with Crippen molar-refractivity contribution in [3.63, 3.8) is 0 Å². The number of carbonyl (C=O) groups excluding carboxylic acids is 1. The van der Waals surface area contributed by atoms with E-state index in [9.17, 15) is 27.9 Å². The predicted molar refractivity (Wildman–Crippen MR) is 83.5 cm³/mol. The Kier molecular flexibility index (Phi) is 5.88. The first-order chi connectivity index (χ1) is 11.3. The van der Waals surface area contributed by atoms with Gasteiger partial charge in [-0.2, -0.15) is 18.2 Å². The van der Waals surface area contributed by atoms with Crippen molar-refractivity contribution in [2.45, 2.75) is 4.90 Å². The average molecular weight is 387 g/mol. The van der Waals surface area contributed by atoms with E-state index in [1.165, 1.54) is 42.6 Å². The van der Waals surface area contributed by atoms with Crippen molar-refractivity contribution in [1.82, 2.24) is 9.78 Å². The summed E-state index contributed by atoms with van der Waals surface area (Å²) in [5.41, 5.74) is -0.146. The van der Waals surface area contributed by atoms with Crippen LogP contribution in [0.2, 0.25) is 0 Å². The van der Waals surface area contributed by atoms with E-state index in [0.717, 1.165) is 10.7 Å². The fourth-order valence-corrected chi connectivity index (χ4v) is 2.96. The van der Waals surface area contributed by atoms with Crippen LogP contribution in [0.1, 0.15) is 11.8 Å². The summed E-state index contributed by atoms with van der Waals surface area (Å²) in [4.78, 5) is 22.3. The molecule has 0 spiro atoms. The summed E-state index contributed by atoms with van der Waals surface area (Å²) in [6.07, 6.45) is 1.26. The van der Waals surface area contributed by atoms with Gasteiger partial charge in [0.1, 0.15) is 4.90 Å². The molecule has 0 amide bonds. The van der Waals surface area contributed by atoms with E-state index in [4.69, 9.17) is 0 Å². The number of non-ortho nitro benzene ring substituents is 1. The van der Waals surface area contributed by atoms with Gasteiger partial charge in [-0.25, -0.2) is 0 Å². The molecule has 0 fully saturated rings. The molecule has 1 heterocycles. The molecule has 0 bridgehead atoms. The van der Waals surface area contributed by atoms with Crippen molar-refractivity contribution in [2.24, 2.45) is 0 Å². The molecule has 2 aromatic carbocycles. The third kappa shape index (κ3) is 3.87. The van der Waals surface area contributed by atoms with Crippen LogP contribution in [-0.4, -0.2) is 33.6 Å². The van der Waals surface area contributed by atoms with Crippen LogP contribution in [0.25, 0.3) is 10.9 Å². The van der Waals surface area contributed by atoms with E-state index in [-0.39, 0.29) is 69.6 Å². The molecule has 0 radical (unpaired) electrons. The van der Waals surface area contributed by atoms with Crippen molar-refractivity contribution >= 4 is 32.6 Å². The number of nitrogens with zero attached hydrogens (tertiary/aromatic N) is 3. The average Bonchev–Trinajstić information content (AvgIpc) is 2.96. The number of hydrogen-bond acceptors (Lipinski definition) is 6. The second-order valence-corrected chi connectivity index (χ2v) is 6.22. The predicted octanol–water partition coefficient (Wildman–Crippen LogP) is -1.00. The number of benzene rings is 2. The first kappa shape index (κ1) is 19.8. The number of nitro groups is 1. The minimum atomic E-state index is -4.59. The Morgan fingerprint density at radius 2 is 1.92 bits per heavy atom. The van der Waals surface area contributed by atoms with Crippen LogP contribution in [0.15, 0.2) is 53.6 Å². The van der Waals surface area contributed by atoms with E-state index in [2.05, 4.69) is 5.10 Å². The summed E-state index contributed by atoms with van der Waals surface area (Å²) in [6.45, 7) is 0. The number of fused-ring (bicyclic) bond motifs is 1. The van der Waals surface area contributed by atoms with Gasteiger partial charge in [0.25, 0.3) is 21.7 Å². The molecule has 0 saturated carbocycles. The molecule has 3 rings (SSSR count). The zero-order valence-electron chi connectivity index (χ0n) is 13.9. The van der Waals surface area contributed by atoms with Crippen molar-refractivity contribution in [2.75, 3.05) is 0 Å². The van der Waals surface area contributed by atoms with Gasteiger partial charge >= 0.3 is 51.4 Å². The Morgan fingerprint density at radius 1 is 1.24 bits per heavy atom. The second kappa shape index (κ2) is 7.41. The standard InChI is InChI=1S/C14H9N3O6S.K.H/c18-14(11-3-1-2-4-13(11)24(21,22)23)16-12-6-5-10(17(19)20)7-9(12)8-15-16;;/h1-8H,(H,21,22,23);;/q;+1;-1. The van der Waals surface area contributed by atoms with Crippen LogP contribution in [0, 0.1) is 10.1 Å². The SMILES string of the molecule is O=C(c1ccccc1S(=O)(=O)O)n1ncc2cc([N+](=O)[O-])ccc21.[H-].[K+]. The molecule has 11 heteroatoms. The zero-order valence-corrected chi connectivity index (χ0v) is 16.8. The first-order valence-corrected chi connectivity index (χ1v) is 7.96. The van der Waals surface area contributed by atoms with Gasteiger partial charge in [-0.3, -0.25) is 19.5 Å². The van der Waals surface area contributed by atoms with Gasteiger partial charge in [-0.1, -0.05) is 12.1 Å². The van der Waals surface area contributed by atoms with E-state index in [1.54, 1.807) is 0 Å². The van der Waals surface area contributed by atoms with Crippen molar-refractivity contribution in [3.05, 3.63) is 64.3 Å². The third-order valence-electron chi connectivity index (χ3n) is 3.35. The smallest absolute Gasteiger partial charge is 1.00 e. The molecule has 0 aliphatic rings. The van der Waals surface area contributed by atoms with Gasteiger partial charge in [-0.05, 0) is 18.2 Å². The molecule has 0 atom stereocenters. The molecular weight excluding hydrogens is 377 g/mol. The Morgan fingerprint density at radius 3 is 2.56 bits per heavy atom. The topological polar surface area (TPSA) is 132 Å². The van der Waals surface area contributed by atoms with Gasteiger partial charge in [0.05, 0.1) is 22.2 Å². The quantitative estimate of drug-likeness (QED) is 0.264. The van der Waals surface area contributed by atoms with Crippen LogP contribution < -0.4 is 51.4 Å². The van der Waals surface area contributed by atoms with Crippen LogP contribution in [0.5, 0.6) is 0 Å². The van der Waals surface area contributed by atoms with Crippen LogP contribution in [-0.2, 0) is 10.1 Å². The molecule has 1 aromatic heterocycles. The summed E-state index contributed by atoms with van der Waals surface area (Å²) in [7, 11) is -4.59. The maximum absolute atomic E-state index is 12.6. The van der Waals surface area contributed by atoms with Crippen LogP contribution >= 0.6 is 0 Å². The van der Waals surface area contributed by atoms with E-state index in [1.807, 2.05) is 0 Å². The molecule has 0 aliphatic carbocycles. The summed E-state index contributed by atoms with van der Waals surface area (Å²) in [6, 6.07) is 8.95. The second-order valence-electron chi connectivity index (χ2n) is 4.83. The van der Waals surface area contributed by atoms with Crippen molar-refractivity contribution in [3.8, 4) is 0 Å². The largest absolute Gasteiger partial charge is 1.00 e. The van der Waals surface area contributed by atoms with Gasteiger partial charge < -0.3 is 1.43 Å². The normalized spacial score (nSPS) is 11.1. The summed E-state index contributed by atoms with van der Waals surface area (Å²) in [5, 5.41) is 15.0. The fourth-order valence-electron chi connectivity index (χ4n) is 2.28. The number of nitro benzene ring substituents is 1. The monoisotopic (exact) mass is 387 g/mol. The van der Waals surface area contributed by atoms with Crippen molar-refractivity contribution in [1.29, 1.82) is 0 Å². The summed E-state index contributed by atoms with van der Waals surface area (Å²) in [5.74, 6) is -0.785. The van der Waals surface area contributed by atoms with E-state index in [0.29, 0.717) is 5.39 Å². The first-order valence-electron chi connectivity index (χ1n) is 6.52. The molecule has 9 nitrogen and oxygen atoms in total. The van der Waals surface area contributed by atoms with Gasteiger partial charge in [0, 0.05) is 17.5 Å². The number of carbonyl (C=O) groups is 1. The molecule has 1 N–H and O–H groups in total. The molecule has 3 aromatic rings. The molecular formula is C14H10KN3O6S. The maximum Gasteiger partial charge on any atom is 1.00 e. The molecule has 0 saturated heterocycles. The maximum atomic E-state index is 12.6. The fraction of sp³-hybridized carbons (Fsp3) is 0. The van der Waals surface area contributed by atoms with Crippen LogP contribution in [0.4, 0.5) is 5.69 Å². The van der Waals surface area contributed by atoms with Gasteiger partial charge in [0.15, 0.2) is 0 Å². The molecule has 124 valence electrons. The Labute approximate surface area is 185 Å².